The minimum Gasteiger partial charge on any atom is -0.465 e. The van der Waals surface area contributed by atoms with Crippen LogP contribution in [0.4, 0.5) is 9.18 Å². The minimum absolute atomic E-state index is 0.00712. The molecule has 1 unspecified atom stereocenters. The Kier molecular flexibility index (Phi) is 4.89. The maximum absolute atomic E-state index is 14.7. The monoisotopic (exact) mass is 401 g/mol. The van der Waals surface area contributed by atoms with Crippen LogP contribution >= 0.6 is 0 Å². The lowest BCUT2D eigenvalue weighted by Gasteiger charge is -2.43. The highest BCUT2D eigenvalue weighted by atomic mass is 19.1. The standard InChI is InChI=1S/C22H28FN3O3/c1-22(2,3)26(21(28)29)16-8-10-24(11-9-16)12-15-13-25-18(27)7-5-14-4-6-17(23)19(15)20(14)25/h4-7,15-16H,8-13H2,1-3H3,(H,28,29). The van der Waals surface area contributed by atoms with Crippen molar-refractivity contribution in [3.8, 4) is 0 Å². The van der Waals surface area contributed by atoms with Crippen LogP contribution in [0.15, 0.2) is 29.1 Å². The molecule has 1 aromatic carbocycles. The van der Waals surface area contributed by atoms with Gasteiger partial charge < -0.3 is 19.5 Å². The molecule has 7 heteroatoms. The Bertz CT molecular complexity index is 1000. The molecule has 2 aromatic rings. The summed E-state index contributed by atoms with van der Waals surface area (Å²) in [5, 5.41) is 10.5. The molecule has 1 fully saturated rings. The van der Waals surface area contributed by atoms with Crippen molar-refractivity contribution in [2.75, 3.05) is 19.6 Å². The van der Waals surface area contributed by atoms with E-state index >= 15 is 0 Å². The zero-order valence-corrected chi connectivity index (χ0v) is 17.2. The first kappa shape index (κ1) is 19.9. The molecule has 6 nitrogen and oxygen atoms in total. The van der Waals surface area contributed by atoms with Crippen LogP contribution in [0.25, 0.3) is 10.9 Å². The van der Waals surface area contributed by atoms with E-state index in [1.54, 1.807) is 27.7 Å². The molecule has 0 saturated carbocycles. The molecule has 29 heavy (non-hydrogen) atoms. The van der Waals surface area contributed by atoms with Crippen molar-refractivity contribution < 1.29 is 14.3 Å². The van der Waals surface area contributed by atoms with Crippen molar-refractivity contribution in [1.29, 1.82) is 0 Å². The van der Waals surface area contributed by atoms with Gasteiger partial charge >= 0.3 is 6.09 Å². The number of hydrogen-bond acceptors (Lipinski definition) is 3. The number of benzene rings is 1. The lowest BCUT2D eigenvalue weighted by molar-refractivity contribution is 0.0410. The second kappa shape index (κ2) is 7.13. The van der Waals surface area contributed by atoms with Crippen LogP contribution in [0.5, 0.6) is 0 Å². The third-order valence-corrected chi connectivity index (χ3v) is 6.28. The summed E-state index contributed by atoms with van der Waals surface area (Å²) < 4.78 is 16.4. The van der Waals surface area contributed by atoms with Gasteiger partial charge in [-0.1, -0.05) is 0 Å². The van der Waals surface area contributed by atoms with E-state index in [2.05, 4.69) is 4.90 Å². The van der Waals surface area contributed by atoms with Gasteiger partial charge in [0.25, 0.3) is 5.56 Å². The van der Waals surface area contributed by atoms with E-state index in [0.29, 0.717) is 18.7 Å². The predicted molar refractivity (Wildman–Crippen MR) is 110 cm³/mol. The Morgan fingerprint density at radius 1 is 1.21 bits per heavy atom. The summed E-state index contributed by atoms with van der Waals surface area (Å²) in [7, 11) is 0. The number of piperidine rings is 1. The van der Waals surface area contributed by atoms with Crippen LogP contribution < -0.4 is 5.56 Å². The molecular formula is C22H28FN3O3. The molecule has 0 aliphatic carbocycles. The second-order valence-electron chi connectivity index (χ2n) is 9.23. The zero-order valence-electron chi connectivity index (χ0n) is 17.2. The molecule has 1 amide bonds. The lowest BCUT2D eigenvalue weighted by Crippen LogP contribution is -2.54. The third kappa shape index (κ3) is 3.52. The molecule has 1 saturated heterocycles. The maximum Gasteiger partial charge on any atom is 0.407 e. The van der Waals surface area contributed by atoms with Crippen LogP contribution in [0, 0.1) is 5.82 Å². The Morgan fingerprint density at radius 3 is 2.48 bits per heavy atom. The highest BCUT2D eigenvalue weighted by molar-refractivity contribution is 5.84. The topological polar surface area (TPSA) is 65.8 Å². The normalized spacial score (nSPS) is 20.3. The summed E-state index contributed by atoms with van der Waals surface area (Å²) in [6.07, 6.45) is 0.640. The summed E-state index contributed by atoms with van der Waals surface area (Å²) in [5.74, 6) is -0.317. The number of amides is 1. The Labute approximate surface area is 169 Å². The number of halogens is 1. The van der Waals surface area contributed by atoms with E-state index in [9.17, 15) is 19.1 Å². The van der Waals surface area contributed by atoms with Crippen molar-refractivity contribution in [1.82, 2.24) is 14.4 Å². The van der Waals surface area contributed by atoms with E-state index in [1.807, 2.05) is 20.8 Å². The average Bonchev–Trinajstić information content (AvgIpc) is 3.02. The van der Waals surface area contributed by atoms with Gasteiger partial charge in [-0.2, -0.15) is 0 Å². The molecule has 156 valence electrons. The molecule has 4 rings (SSSR count). The summed E-state index contributed by atoms with van der Waals surface area (Å²) in [4.78, 5) is 27.9. The number of pyridine rings is 1. The van der Waals surface area contributed by atoms with Crippen LogP contribution in [0.3, 0.4) is 0 Å². The number of aromatic nitrogens is 1. The van der Waals surface area contributed by atoms with Crippen LogP contribution in [-0.4, -0.2) is 56.8 Å². The highest BCUT2D eigenvalue weighted by Gasteiger charge is 2.36. The van der Waals surface area contributed by atoms with Crippen molar-refractivity contribution in [2.45, 2.75) is 57.7 Å². The minimum atomic E-state index is -0.879. The third-order valence-electron chi connectivity index (χ3n) is 6.28. The molecule has 1 atom stereocenters. The van der Waals surface area contributed by atoms with E-state index < -0.39 is 11.6 Å². The number of hydrogen-bond donors (Lipinski definition) is 1. The van der Waals surface area contributed by atoms with Crippen LogP contribution in [0.2, 0.25) is 0 Å². The van der Waals surface area contributed by atoms with Gasteiger partial charge in [0.15, 0.2) is 0 Å². The Morgan fingerprint density at radius 2 is 1.86 bits per heavy atom. The Hall–Kier alpha value is -2.41. The van der Waals surface area contributed by atoms with Gasteiger partial charge in [-0.15, -0.1) is 0 Å². The molecular weight excluding hydrogens is 373 g/mol. The van der Waals surface area contributed by atoms with Crippen molar-refractivity contribution in [3.63, 3.8) is 0 Å². The molecule has 1 aromatic heterocycles. The maximum atomic E-state index is 14.7. The number of carbonyl (C=O) groups is 1. The van der Waals surface area contributed by atoms with Gasteiger partial charge in [0, 0.05) is 55.3 Å². The van der Waals surface area contributed by atoms with Gasteiger partial charge in [0.1, 0.15) is 5.82 Å². The molecule has 0 radical (unpaired) electrons. The second-order valence-corrected chi connectivity index (χ2v) is 9.23. The summed E-state index contributed by atoms with van der Waals surface area (Å²) in [6.45, 7) is 8.47. The van der Waals surface area contributed by atoms with Crippen molar-refractivity contribution in [2.24, 2.45) is 0 Å². The van der Waals surface area contributed by atoms with Gasteiger partial charge in [0.05, 0.1) is 5.52 Å². The first-order chi connectivity index (χ1) is 13.7. The van der Waals surface area contributed by atoms with E-state index in [-0.39, 0.29) is 23.3 Å². The summed E-state index contributed by atoms with van der Waals surface area (Å²) in [5.41, 5.74) is 0.838. The first-order valence-electron chi connectivity index (χ1n) is 10.2. The highest BCUT2D eigenvalue weighted by Crippen LogP contribution is 2.36. The van der Waals surface area contributed by atoms with Gasteiger partial charge in [-0.3, -0.25) is 4.79 Å². The Balaban J connectivity index is 1.49. The molecule has 2 aliphatic rings. The fourth-order valence-corrected chi connectivity index (χ4v) is 5.09. The number of likely N-dealkylation sites (tertiary alicyclic amines) is 1. The number of rotatable bonds is 3. The summed E-state index contributed by atoms with van der Waals surface area (Å²) >= 11 is 0. The van der Waals surface area contributed by atoms with Gasteiger partial charge in [-0.05, 0) is 57.2 Å². The average molecular weight is 401 g/mol. The van der Waals surface area contributed by atoms with Crippen molar-refractivity contribution in [3.05, 3.63) is 46.0 Å². The largest absolute Gasteiger partial charge is 0.465 e. The lowest BCUT2D eigenvalue weighted by atomic mass is 9.94. The smallest absolute Gasteiger partial charge is 0.407 e. The molecule has 0 bridgehead atoms. The SMILES string of the molecule is CC(C)(C)N(C(=O)O)C1CCN(CC2Cn3c(=O)ccc4ccc(F)c2c43)CC1. The van der Waals surface area contributed by atoms with E-state index in [4.69, 9.17) is 0 Å². The zero-order chi connectivity index (χ0) is 20.9. The van der Waals surface area contributed by atoms with Crippen LogP contribution in [-0.2, 0) is 6.54 Å². The fraction of sp³-hybridized carbons (Fsp3) is 0.545. The fourth-order valence-electron chi connectivity index (χ4n) is 5.09. The van der Waals surface area contributed by atoms with Gasteiger partial charge in [-0.25, -0.2) is 9.18 Å². The van der Waals surface area contributed by atoms with E-state index in [1.165, 1.54) is 6.07 Å². The predicted octanol–water partition coefficient (Wildman–Crippen LogP) is 3.48. The summed E-state index contributed by atoms with van der Waals surface area (Å²) in [6, 6.07) is 6.52. The van der Waals surface area contributed by atoms with Crippen molar-refractivity contribution >= 4 is 17.0 Å². The molecule has 2 aliphatic heterocycles. The molecule has 0 spiro atoms. The van der Waals surface area contributed by atoms with Gasteiger partial charge in [0.2, 0.25) is 0 Å². The number of nitrogens with zero attached hydrogens (tertiary/aromatic N) is 3. The number of carboxylic acid groups (broad SMARTS) is 1. The molecule has 3 heterocycles. The van der Waals surface area contributed by atoms with E-state index in [0.717, 1.165) is 36.8 Å². The van der Waals surface area contributed by atoms with Crippen LogP contribution in [0.1, 0.15) is 45.1 Å². The first-order valence-corrected chi connectivity index (χ1v) is 10.2. The molecule has 1 N–H and O–H groups in total. The quantitative estimate of drug-likeness (QED) is 0.855.